The average molecular weight is 603 g/mol. The van der Waals surface area contributed by atoms with Crippen LogP contribution in [0, 0.1) is 6.92 Å². The first-order chi connectivity index (χ1) is 20.1. The lowest BCUT2D eigenvalue weighted by Gasteiger charge is -2.32. The molecule has 4 aromatic carbocycles. The molecule has 1 unspecified atom stereocenters. The van der Waals surface area contributed by atoms with E-state index in [9.17, 15) is 22.3 Å². The lowest BCUT2D eigenvalue weighted by atomic mass is 10.0. The summed E-state index contributed by atoms with van der Waals surface area (Å²) in [5.41, 5.74) is 5.87. The highest BCUT2D eigenvalue weighted by molar-refractivity contribution is 8.23. The Morgan fingerprint density at radius 2 is 1.62 bits per heavy atom. The molecule has 5 aromatic rings. The number of benzene rings is 4. The highest BCUT2D eigenvalue weighted by Crippen LogP contribution is 2.56. The molecule has 6 rings (SSSR count). The van der Waals surface area contributed by atoms with E-state index in [4.69, 9.17) is 4.98 Å². The minimum Gasteiger partial charge on any atom is -0.341 e. The summed E-state index contributed by atoms with van der Waals surface area (Å²) in [4.78, 5) is 19.9. The standard InChI is InChI=1S/C31H30N4O5S2/c1-20-6-5-9-26-30(20)33-31(32-26)27(18-21-10-12-24(13-11-21)28-19-29(36)35-42(28,39)40)34-41(37,38)25-16-14-23(15-17-25)22-7-3-2-4-8-22/h2-17,27-28,34,39-40H,18-19H2,1H3,(H,32,33)(H,35,36)/t27-,28?/m0/s1. The van der Waals surface area contributed by atoms with Crippen molar-refractivity contribution in [3.8, 4) is 11.1 Å². The molecule has 5 N–H and O–H groups in total. The summed E-state index contributed by atoms with van der Waals surface area (Å²) in [5, 5.41) is -0.731. The molecule has 9 nitrogen and oxygen atoms in total. The maximum absolute atomic E-state index is 13.6. The van der Waals surface area contributed by atoms with Gasteiger partial charge in [0.25, 0.3) is 0 Å². The molecular weight excluding hydrogens is 572 g/mol. The summed E-state index contributed by atoms with van der Waals surface area (Å²) in [5.74, 6) is 0.0724. The van der Waals surface area contributed by atoms with Crippen LogP contribution >= 0.6 is 10.8 Å². The van der Waals surface area contributed by atoms with E-state index in [1.165, 1.54) is 0 Å². The number of H-pyrrole nitrogens is 1. The monoisotopic (exact) mass is 602 g/mol. The largest absolute Gasteiger partial charge is 0.341 e. The summed E-state index contributed by atoms with van der Waals surface area (Å²) >= 11 is 0. The van der Waals surface area contributed by atoms with E-state index in [0.717, 1.165) is 33.3 Å². The van der Waals surface area contributed by atoms with Crippen LogP contribution in [0.2, 0.25) is 0 Å². The van der Waals surface area contributed by atoms with Crippen molar-refractivity contribution in [1.29, 1.82) is 0 Å². The van der Waals surface area contributed by atoms with Gasteiger partial charge in [-0.05, 0) is 59.4 Å². The van der Waals surface area contributed by atoms with Crippen molar-refractivity contribution in [3.05, 3.63) is 120 Å². The third-order valence-electron chi connectivity index (χ3n) is 7.45. The quantitative estimate of drug-likeness (QED) is 0.147. The summed E-state index contributed by atoms with van der Waals surface area (Å²) in [6.07, 6.45) is 0.268. The second-order valence-electron chi connectivity index (χ2n) is 10.4. The summed E-state index contributed by atoms with van der Waals surface area (Å²) in [6, 6.07) is 28.6. The molecule has 0 spiro atoms. The van der Waals surface area contributed by atoms with Crippen LogP contribution < -0.4 is 9.44 Å². The van der Waals surface area contributed by atoms with E-state index in [2.05, 4.69) is 14.4 Å². The van der Waals surface area contributed by atoms with E-state index in [1.807, 2.05) is 55.5 Å². The molecule has 0 radical (unpaired) electrons. The number of imidazole rings is 1. The number of aryl methyl sites for hydroxylation is 1. The first-order valence-electron chi connectivity index (χ1n) is 13.4. The molecule has 0 aliphatic carbocycles. The SMILES string of the molecule is Cc1cccc2[nH]c([C@H](Cc3ccc(C4CC(=O)NS4(O)O)cc3)NS(=O)(=O)c3ccc(-c4ccccc4)cc3)nc12. The minimum absolute atomic E-state index is 0.00843. The molecule has 2 heterocycles. The van der Waals surface area contributed by atoms with Crippen LogP contribution in [0.4, 0.5) is 0 Å². The van der Waals surface area contributed by atoms with Gasteiger partial charge in [-0.25, -0.2) is 18.1 Å². The predicted molar refractivity (Wildman–Crippen MR) is 164 cm³/mol. The zero-order valence-corrected chi connectivity index (χ0v) is 24.3. The third-order valence-corrected chi connectivity index (χ3v) is 10.7. The number of aromatic nitrogens is 2. The van der Waals surface area contributed by atoms with Crippen LogP contribution in [-0.4, -0.2) is 33.4 Å². The van der Waals surface area contributed by atoms with Crippen molar-refractivity contribution in [1.82, 2.24) is 19.4 Å². The molecule has 2 atom stereocenters. The van der Waals surface area contributed by atoms with Gasteiger partial charge in [-0.2, -0.15) is 0 Å². The molecule has 1 amide bonds. The topological polar surface area (TPSA) is 144 Å². The number of carbonyl (C=O) groups excluding carboxylic acids is 1. The van der Waals surface area contributed by atoms with E-state index < -0.39 is 38.0 Å². The molecular formula is C31H30N4O5S2. The van der Waals surface area contributed by atoms with Crippen molar-refractivity contribution in [2.75, 3.05) is 0 Å². The Bertz CT molecular complexity index is 1860. The van der Waals surface area contributed by atoms with Crippen LogP contribution in [-0.2, 0) is 21.2 Å². The predicted octanol–water partition coefficient (Wildman–Crippen LogP) is 6.03. The normalized spacial score (nSPS) is 18.1. The first kappa shape index (κ1) is 28.1. The van der Waals surface area contributed by atoms with Crippen LogP contribution in [0.1, 0.15) is 40.2 Å². The molecule has 216 valence electrons. The van der Waals surface area contributed by atoms with Gasteiger partial charge in [-0.3, -0.25) is 18.6 Å². The third kappa shape index (κ3) is 5.69. The number of para-hydroxylation sites is 1. The lowest BCUT2D eigenvalue weighted by molar-refractivity contribution is -0.118. The summed E-state index contributed by atoms with van der Waals surface area (Å²) in [6.45, 7) is 1.95. The van der Waals surface area contributed by atoms with E-state index in [1.54, 1.807) is 48.5 Å². The summed E-state index contributed by atoms with van der Waals surface area (Å²) in [7, 11) is -7.20. The molecule has 1 fully saturated rings. The van der Waals surface area contributed by atoms with Crippen molar-refractivity contribution >= 4 is 37.7 Å². The number of amides is 1. The van der Waals surface area contributed by atoms with Gasteiger partial charge in [0.15, 0.2) is 0 Å². The Kier molecular flexibility index (Phi) is 7.37. The number of sulfonamides is 1. The van der Waals surface area contributed by atoms with Gasteiger partial charge in [-0.1, -0.05) is 78.9 Å². The maximum Gasteiger partial charge on any atom is 0.241 e. The molecule has 0 saturated carbocycles. The smallest absolute Gasteiger partial charge is 0.241 e. The number of rotatable bonds is 8. The van der Waals surface area contributed by atoms with Crippen molar-refractivity contribution in [3.63, 3.8) is 0 Å². The van der Waals surface area contributed by atoms with E-state index in [0.29, 0.717) is 11.4 Å². The van der Waals surface area contributed by atoms with Crippen molar-refractivity contribution < 1.29 is 22.3 Å². The van der Waals surface area contributed by atoms with Gasteiger partial charge in [0.1, 0.15) is 11.1 Å². The molecule has 1 aliphatic heterocycles. The highest BCUT2D eigenvalue weighted by Gasteiger charge is 2.38. The zero-order chi connectivity index (χ0) is 29.5. The highest BCUT2D eigenvalue weighted by atomic mass is 32.3. The number of fused-ring (bicyclic) bond motifs is 1. The Labute approximate surface area is 245 Å². The van der Waals surface area contributed by atoms with E-state index in [-0.39, 0.29) is 17.7 Å². The van der Waals surface area contributed by atoms with Crippen LogP contribution in [0.3, 0.4) is 0 Å². The Hall–Kier alpha value is -4.00. The molecule has 0 bridgehead atoms. The molecule has 1 aliphatic rings. The first-order valence-corrected chi connectivity index (χ1v) is 16.5. The minimum atomic E-state index is -3.94. The van der Waals surface area contributed by atoms with Gasteiger partial charge in [0.05, 0.1) is 28.4 Å². The number of aromatic amines is 1. The fourth-order valence-electron chi connectivity index (χ4n) is 5.24. The molecule has 1 aromatic heterocycles. The number of carbonyl (C=O) groups is 1. The van der Waals surface area contributed by atoms with Crippen molar-refractivity contribution in [2.45, 2.75) is 36.0 Å². The lowest BCUT2D eigenvalue weighted by Crippen LogP contribution is -2.31. The number of hydrogen-bond donors (Lipinski definition) is 5. The van der Waals surface area contributed by atoms with Crippen LogP contribution in [0.15, 0.2) is 102 Å². The average Bonchev–Trinajstić information content (AvgIpc) is 3.54. The second kappa shape index (κ2) is 11.0. The number of nitrogens with one attached hydrogen (secondary N) is 3. The molecule has 1 saturated heterocycles. The zero-order valence-electron chi connectivity index (χ0n) is 22.7. The van der Waals surface area contributed by atoms with Crippen LogP contribution in [0.25, 0.3) is 22.2 Å². The maximum atomic E-state index is 13.6. The Balaban J connectivity index is 1.30. The van der Waals surface area contributed by atoms with Gasteiger partial charge in [0, 0.05) is 0 Å². The Morgan fingerprint density at radius 3 is 2.26 bits per heavy atom. The Morgan fingerprint density at radius 1 is 0.929 bits per heavy atom. The number of hydrogen-bond acceptors (Lipinski definition) is 6. The van der Waals surface area contributed by atoms with Crippen LogP contribution in [0.5, 0.6) is 0 Å². The van der Waals surface area contributed by atoms with Gasteiger partial charge < -0.3 is 4.98 Å². The molecule has 42 heavy (non-hydrogen) atoms. The van der Waals surface area contributed by atoms with Gasteiger partial charge in [0.2, 0.25) is 15.9 Å². The summed E-state index contributed by atoms with van der Waals surface area (Å²) < 4.78 is 52.9. The van der Waals surface area contributed by atoms with Gasteiger partial charge in [-0.15, -0.1) is 10.8 Å². The van der Waals surface area contributed by atoms with Crippen molar-refractivity contribution in [2.24, 2.45) is 0 Å². The number of nitrogens with zero attached hydrogens (tertiary/aromatic N) is 1. The second-order valence-corrected chi connectivity index (χ2v) is 14.1. The van der Waals surface area contributed by atoms with E-state index >= 15 is 0 Å². The fourth-order valence-corrected chi connectivity index (χ4v) is 7.92. The fraction of sp³-hybridized carbons (Fsp3) is 0.161. The molecule has 11 heteroatoms. The van der Waals surface area contributed by atoms with Gasteiger partial charge >= 0.3 is 0 Å².